The van der Waals surface area contributed by atoms with E-state index in [4.69, 9.17) is 15.6 Å². The number of amides is 1. The number of carbonyl (C=O) groups excluding carboxylic acids is 1. The number of nitrogens with one attached hydrogen (secondary N) is 2. The van der Waals surface area contributed by atoms with Crippen molar-refractivity contribution in [1.29, 1.82) is 10.8 Å². The highest BCUT2D eigenvalue weighted by Crippen LogP contribution is 2.31. The minimum atomic E-state index is -1.41. The summed E-state index contributed by atoms with van der Waals surface area (Å²) in [5.41, 5.74) is 0.472. The van der Waals surface area contributed by atoms with Crippen molar-refractivity contribution in [2.24, 2.45) is 5.92 Å². The van der Waals surface area contributed by atoms with Gasteiger partial charge < -0.3 is 14.7 Å². The maximum Gasteiger partial charge on any atom is 0.338 e. The number of carboxylic acid groups (broad SMARTS) is 1. The lowest BCUT2D eigenvalue weighted by atomic mass is 10.1. The van der Waals surface area contributed by atoms with Gasteiger partial charge in [-0.1, -0.05) is 25.6 Å². The predicted octanol–water partition coefficient (Wildman–Crippen LogP) is 5.13. The van der Waals surface area contributed by atoms with E-state index in [0.717, 1.165) is 30.3 Å². The molecule has 2 aromatic carbocycles. The smallest absolute Gasteiger partial charge is 0.338 e. The van der Waals surface area contributed by atoms with Crippen LogP contribution in [0.3, 0.4) is 0 Å². The van der Waals surface area contributed by atoms with E-state index in [9.17, 15) is 19.1 Å². The van der Waals surface area contributed by atoms with Crippen molar-refractivity contribution in [3.63, 3.8) is 0 Å². The van der Waals surface area contributed by atoms with E-state index < -0.39 is 17.3 Å². The average Bonchev–Trinajstić information content (AvgIpc) is 3.14. The number of rotatable bonds is 7. The van der Waals surface area contributed by atoms with Gasteiger partial charge in [0.15, 0.2) is 0 Å². The number of hydrogen-bond acceptors (Lipinski definition) is 6. The Morgan fingerprint density at radius 3 is 2.50 bits per heavy atom. The van der Waals surface area contributed by atoms with Gasteiger partial charge in [-0.3, -0.25) is 15.6 Å². The highest BCUT2D eigenvalue weighted by atomic mass is 32.2. The molecule has 9 heteroatoms. The quantitative estimate of drug-likeness (QED) is 0.394. The molecular formula is C23H24FN3O4S. The molecule has 0 unspecified atom stereocenters. The Morgan fingerprint density at radius 1 is 1.25 bits per heavy atom. The largest absolute Gasteiger partial charge is 0.478 e. The number of carboxylic acids is 1. The van der Waals surface area contributed by atoms with Crippen LogP contribution in [0.25, 0.3) is 0 Å². The van der Waals surface area contributed by atoms with Crippen LogP contribution in [0.2, 0.25) is 0 Å². The number of likely N-dealkylation sites (tertiary alicyclic amines) is 1. The van der Waals surface area contributed by atoms with Gasteiger partial charge in [0.05, 0.1) is 10.6 Å². The van der Waals surface area contributed by atoms with E-state index in [0.29, 0.717) is 34.9 Å². The Labute approximate surface area is 189 Å². The van der Waals surface area contributed by atoms with Crippen LogP contribution in [0.1, 0.15) is 48.2 Å². The van der Waals surface area contributed by atoms with Gasteiger partial charge in [0.2, 0.25) is 5.91 Å². The van der Waals surface area contributed by atoms with Crippen LogP contribution in [0.15, 0.2) is 36.4 Å². The molecule has 0 spiro atoms. The summed E-state index contributed by atoms with van der Waals surface area (Å²) in [6.45, 7) is 4.46. The second kappa shape index (κ2) is 9.95. The molecule has 0 aromatic heterocycles. The minimum absolute atomic E-state index is 0.0331. The highest BCUT2D eigenvalue weighted by molar-refractivity contribution is 8.26. The van der Waals surface area contributed by atoms with E-state index in [-0.39, 0.29) is 29.2 Å². The van der Waals surface area contributed by atoms with Gasteiger partial charge in [-0.2, -0.15) is 0 Å². The molecule has 32 heavy (non-hydrogen) atoms. The Kier molecular flexibility index (Phi) is 7.29. The molecule has 3 rings (SSSR count). The summed E-state index contributed by atoms with van der Waals surface area (Å²) < 4.78 is 20.2. The molecule has 1 fully saturated rings. The van der Waals surface area contributed by atoms with Crippen LogP contribution in [0.5, 0.6) is 11.5 Å². The molecule has 0 bridgehead atoms. The molecule has 3 N–H and O–H groups in total. The summed E-state index contributed by atoms with van der Waals surface area (Å²) in [6.07, 6.45) is 1.16. The number of benzene rings is 2. The summed E-state index contributed by atoms with van der Waals surface area (Å²) >= 11 is 1.08. The lowest BCUT2D eigenvalue weighted by Gasteiger charge is -2.19. The van der Waals surface area contributed by atoms with Crippen molar-refractivity contribution >= 4 is 33.7 Å². The third-order valence-corrected chi connectivity index (χ3v) is 6.13. The van der Waals surface area contributed by atoms with Crippen LogP contribution >= 0.6 is 11.8 Å². The number of thioether (sulfide) groups is 1. The third-order valence-electron chi connectivity index (χ3n) is 4.99. The van der Waals surface area contributed by atoms with Gasteiger partial charge in [0.25, 0.3) is 0 Å². The predicted molar refractivity (Wildman–Crippen MR) is 122 cm³/mol. The van der Waals surface area contributed by atoms with Crippen molar-refractivity contribution in [1.82, 2.24) is 4.90 Å². The van der Waals surface area contributed by atoms with Crippen LogP contribution in [0.4, 0.5) is 4.39 Å². The van der Waals surface area contributed by atoms with Crippen molar-refractivity contribution in [3.8, 4) is 11.5 Å². The Balaban J connectivity index is 1.84. The molecule has 2 aromatic rings. The lowest BCUT2D eigenvalue weighted by molar-refractivity contribution is -0.128. The second-order valence-electron chi connectivity index (χ2n) is 7.74. The van der Waals surface area contributed by atoms with Crippen LogP contribution in [-0.4, -0.2) is 38.5 Å². The number of ether oxygens (including phenoxy) is 1. The first-order chi connectivity index (χ1) is 15.2. The minimum Gasteiger partial charge on any atom is -0.478 e. The molecule has 1 aliphatic rings. The van der Waals surface area contributed by atoms with Crippen LogP contribution in [0, 0.1) is 22.6 Å². The maximum absolute atomic E-state index is 14.3. The van der Waals surface area contributed by atoms with E-state index in [1.54, 1.807) is 29.2 Å². The standard InChI is InChI=1S/C23H24FN3O4S/c1-13(2)21(25)32-22(26)14-5-7-16(8-6-14)31-19-11-17(23(29)30)18(24)10-15(19)12-27-9-3-4-20(27)28/h5-8,10-11,13,25-26H,3-4,9,12H2,1-2H3,(H,29,30). The first kappa shape index (κ1) is 23.5. The zero-order chi connectivity index (χ0) is 23.4. The Morgan fingerprint density at radius 2 is 1.94 bits per heavy atom. The molecule has 1 saturated heterocycles. The second-order valence-corrected chi connectivity index (χ2v) is 8.79. The molecular weight excluding hydrogens is 433 g/mol. The maximum atomic E-state index is 14.3. The summed E-state index contributed by atoms with van der Waals surface area (Å²) in [6, 6.07) is 8.81. The molecule has 1 aliphatic heterocycles. The first-order valence-corrected chi connectivity index (χ1v) is 10.9. The van der Waals surface area contributed by atoms with Gasteiger partial charge in [0.1, 0.15) is 22.4 Å². The summed E-state index contributed by atoms with van der Waals surface area (Å²) in [5.74, 6) is -1.77. The Bertz CT molecular complexity index is 1070. The zero-order valence-corrected chi connectivity index (χ0v) is 18.6. The third kappa shape index (κ3) is 5.53. The lowest BCUT2D eigenvalue weighted by Crippen LogP contribution is -2.24. The van der Waals surface area contributed by atoms with Gasteiger partial charge in [-0.05, 0) is 42.8 Å². The van der Waals surface area contributed by atoms with E-state index in [1.165, 1.54) is 0 Å². The molecule has 1 amide bonds. The van der Waals surface area contributed by atoms with E-state index >= 15 is 0 Å². The van der Waals surface area contributed by atoms with Gasteiger partial charge in [-0.25, -0.2) is 9.18 Å². The van der Waals surface area contributed by atoms with Crippen molar-refractivity contribution in [3.05, 3.63) is 58.9 Å². The molecule has 0 saturated carbocycles. The van der Waals surface area contributed by atoms with Gasteiger partial charge in [0, 0.05) is 36.6 Å². The molecule has 0 radical (unpaired) electrons. The van der Waals surface area contributed by atoms with Crippen molar-refractivity contribution < 1.29 is 23.8 Å². The fourth-order valence-electron chi connectivity index (χ4n) is 3.14. The fraction of sp³-hybridized carbons (Fsp3) is 0.304. The number of nitrogens with zero attached hydrogens (tertiary/aromatic N) is 1. The number of carbonyl (C=O) groups is 2. The fourth-order valence-corrected chi connectivity index (χ4v) is 3.85. The molecule has 0 atom stereocenters. The van der Waals surface area contributed by atoms with E-state index in [1.807, 2.05) is 13.8 Å². The molecule has 7 nitrogen and oxygen atoms in total. The number of halogens is 1. The van der Waals surface area contributed by atoms with Gasteiger partial charge in [-0.15, -0.1) is 0 Å². The average molecular weight is 458 g/mol. The molecule has 1 heterocycles. The van der Waals surface area contributed by atoms with Crippen LogP contribution in [-0.2, 0) is 11.3 Å². The molecule has 0 aliphatic carbocycles. The monoisotopic (exact) mass is 457 g/mol. The topological polar surface area (TPSA) is 115 Å². The molecule has 168 valence electrons. The van der Waals surface area contributed by atoms with Crippen molar-refractivity contribution in [2.75, 3.05) is 6.54 Å². The normalized spacial score (nSPS) is 13.5. The van der Waals surface area contributed by atoms with Crippen molar-refractivity contribution in [2.45, 2.75) is 33.2 Å². The summed E-state index contributed by atoms with van der Waals surface area (Å²) in [7, 11) is 0. The van der Waals surface area contributed by atoms with Gasteiger partial charge >= 0.3 is 5.97 Å². The summed E-state index contributed by atoms with van der Waals surface area (Å²) in [4.78, 5) is 25.0. The number of aromatic carboxylic acids is 1. The highest BCUT2D eigenvalue weighted by Gasteiger charge is 2.24. The SMILES string of the molecule is CC(C)C(=N)SC(=N)c1ccc(Oc2cc(C(=O)O)c(F)cc2CN2CCCC2=O)cc1. The number of hydrogen-bond donors (Lipinski definition) is 3. The summed E-state index contributed by atoms with van der Waals surface area (Å²) in [5, 5.41) is 26.0. The Hall–Kier alpha value is -3.20. The first-order valence-electron chi connectivity index (χ1n) is 10.1. The van der Waals surface area contributed by atoms with E-state index in [2.05, 4.69) is 0 Å². The zero-order valence-electron chi connectivity index (χ0n) is 17.8. The van der Waals surface area contributed by atoms with Crippen LogP contribution < -0.4 is 4.74 Å².